The third-order valence-electron chi connectivity index (χ3n) is 4.13. The van der Waals surface area contributed by atoms with Crippen molar-refractivity contribution in [1.29, 1.82) is 0 Å². The van der Waals surface area contributed by atoms with E-state index >= 15 is 0 Å². The number of hydrogen-bond acceptors (Lipinski definition) is 6. The Balaban J connectivity index is 1.84. The monoisotopic (exact) mass is 430 g/mol. The maximum Gasteiger partial charge on any atom is 0.269 e. The molecule has 1 heterocycles. The van der Waals surface area contributed by atoms with E-state index in [0.29, 0.717) is 28.8 Å². The summed E-state index contributed by atoms with van der Waals surface area (Å²) < 4.78 is 0.912. The van der Waals surface area contributed by atoms with Crippen LogP contribution in [0.25, 0.3) is 16.3 Å². The van der Waals surface area contributed by atoms with E-state index in [1.165, 1.54) is 29.5 Å². The number of carbonyl (C=O) groups excluding carboxylic acids is 1. The third-order valence-corrected chi connectivity index (χ3v) is 5.41. The van der Waals surface area contributed by atoms with Crippen LogP contribution in [-0.4, -0.2) is 47.9 Å². The molecule has 0 unspecified atom stereocenters. The highest BCUT2D eigenvalue weighted by Gasteiger charge is 2.18. The van der Waals surface area contributed by atoms with E-state index < -0.39 is 4.92 Å². The fraction of sp³-hybridized carbons (Fsp3) is 0.200. The molecule has 150 valence electrons. The Hall–Kier alpha value is -2.81. The van der Waals surface area contributed by atoms with Crippen molar-refractivity contribution in [3.8, 4) is 0 Å². The molecule has 0 saturated heterocycles. The maximum atomic E-state index is 12.9. The second-order valence-electron chi connectivity index (χ2n) is 6.58. The Labute approximate surface area is 177 Å². The van der Waals surface area contributed by atoms with Crippen molar-refractivity contribution < 1.29 is 9.72 Å². The number of nitro benzene ring substituents is 1. The number of amides is 1. The van der Waals surface area contributed by atoms with Crippen LogP contribution >= 0.6 is 22.9 Å². The highest BCUT2D eigenvalue weighted by Crippen LogP contribution is 2.31. The average Bonchev–Trinajstić information content (AvgIpc) is 3.09. The minimum absolute atomic E-state index is 0.00854. The lowest BCUT2D eigenvalue weighted by Crippen LogP contribution is -2.35. The van der Waals surface area contributed by atoms with Crippen LogP contribution in [0.5, 0.6) is 0 Å². The predicted molar refractivity (Wildman–Crippen MR) is 118 cm³/mol. The largest absolute Gasteiger partial charge is 0.308 e. The Bertz CT molecular complexity index is 1060. The smallest absolute Gasteiger partial charge is 0.269 e. The van der Waals surface area contributed by atoms with E-state index in [0.717, 1.165) is 10.2 Å². The number of nitro groups is 1. The van der Waals surface area contributed by atoms with Crippen LogP contribution in [0.4, 0.5) is 10.8 Å². The number of thiazole rings is 1. The summed E-state index contributed by atoms with van der Waals surface area (Å²) in [5.41, 5.74) is 1.50. The van der Waals surface area contributed by atoms with E-state index in [4.69, 9.17) is 11.6 Å². The standard InChI is InChI=1S/C20H19ClN4O3S/c1-23(2)11-12-24(20-22-17-9-6-15(21)13-18(17)29-20)19(26)10-5-14-3-7-16(8-4-14)25(27)28/h3-10,13H,11-12H2,1-2H3/b10-5-. The normalized spacial score (nSPS) is 11.4. The lowest BCUT2D eigenvalue weighted by atomic mass is 10.2. The van der Waals surface area contributed by atoms with Gasteiger partial charge in [0.2, 0.25) is 0 Å². The van der Waals surface area contributed by atoms with Crippen LogP contribution in [0.2, 0.25) is 5.02 Å². The molecule has 0 fully saturated rings. The summed E-state index contributed by atoms with van der Waals surface area (Å²) >= 11 is 7.47. The number of likely N-dealkylation sites (N-methyl/N-ethyl adjacent to an activating group) is 1. The first-order valence-electron chi connectivity index (χ1n) is 8.78. The molecule has 3 aromatic rings. The molecular formula is C20H19ClN4O3S. The molecule has 0 aliphatic rings. The minimum atomic E-state index is -0.457. The minimum Gasteiger partial charge on any atom is -0.308 e. The highest BCUT2D eigenvalue weighted by molar-refractivity contribution is 7.22. The molecule has 9 heteroatoms. The number of halogens is 1. The topological polar surface area (TPSA) is 79.6 Å². The number of rotatable bonds is 7. The quantitative estimate of drug-likeness (QED) is 0.314. The molecule has 0 spiro atoms. The first-order valence-corrected chi connectivity index (χ1v) is 9.98. The van der Waals surface area contributed by atoms with Gasteiger partial charge >= 0.3 is 0 Å². The van der Waals surface area contributed by atoms with Gasteiger partial charge < -0.3 is 4.90 Å². The number of hydrogen-bond donors (Lipinski definition) is 0. The van der Waals surface area contributed by atoms with Gasteiger partial charge in [-0.2, -0.15) is 0 Å². The molecule has 1 amide bonds. The van der Waals surface area contributed by atoms with Crippen LogP contribution < -0.4 is 4.90 Å². The zero-order valence-corrected chi connectivity index (χ0v) is 17.5. The predicted octanol–water partition coefficient (Wildman–Crippen LogP) is 4.47. The van der Waals surface area contributed by atoms with Gasteiger partial charge in [-0.15, -0.1) is 0 Å². The van der Waals surface area contributed by atoms with Crippen LogP contribution in [0.15, 0.2) is 48.5 Å². The Morgan fingerprint density at radius 2 is 1.93 bits per heavy atom. The van der Waals surface area contributed by atoms with E-state index in [-0.39, 0.29) is 11.6 Å². The molecule has 0 atom stereocenters. The first-order chi connectivity index (χ1) is 13.8. The molecule has 3 rings (SSSR count). The second-order valence-corrected chi connectivity index (χ2v) is 8.03. The lowest BCUT2D eigenvalue weighted by molar-refractivity contribution is -0.384. The zero-order chi connectivity index (χ0) is 21.0. The summed E-state index contributed by atoms with van der Waals surface area (Å²) in [5.74, 6) is -0.213. The molecule has 2 aromatic carbocycles. The highest BCUT2D eigenvalue weighted by atomic mass is 35.5. The summed E-state index contributed by atoms with van der Waals surface area (Å²) in [4.78, 5) is 31.4. The summed E-state index contributed by atoms with van der Waals surface area (Å²) in [6.07, 6.45) is 3.09. The number of benzene rings is 2. The Morgan fingerprint density at radius 1 is 1.21 bits per heavy atom. The van der Waals surface area contributed by atoms with Crippen LogP contribution in [0, 0.1) is 10.1 Å². The Morgan fingerprint density at radius 3 is 2.59 bits per heavy atom. The van der Waals surface area contributed by atoms with Gasteiger partial charge in [-0.3, -0.25) is 19.8 Å². The van der Waals surface area contributed by atoms with Gasteiger partial charge in [-0.05, 0) is 56.1 Å². The van der Waals surface area contributed by atoms with Gasteiger partial charge in [0, 0.05) is 36.3 Å². The maximum absolute atomic E-state index is 12.9. The Kier molecular flexibility index (Phi) is 6.58. The number of aromatic nitrogens is 1. The molecule has 7 nitrogen and oxygen atoms in total. The van der Waals surface area contributed by atoms with E-state index in [1.54, 1.807) is 29.2 Å². The lowest BCUT2D eigenvalue weighted by Gasteiger charge is -2.20. The molecule has 0 radical (unpaired) electrons. The van der Waals surface area contributed by atoms with Gasteiger partial charge in [0.15, 0.2) is 5.13 Å². The van der Waals surface area contributed by atoms with E-state index in [2.05, 4.69) is 4.98 Å². The summed E-state index contributed by atoms with van der Waals surface area (Å²) in [6.45, 7) is 1.15. The van der Waals surface area contributed by atoms with Crippen molar-refractivity contribution in [3.63, 3.8) is 0 Å². The second kappa shape index (κ2) is 9.13. The molecule has 0 aliphatic heterocycles. The van der Waals surface area contributed by atoms with Gasteiger partial charge in [0.1, 0.15) is 0 Å². The number of nitrogens with zero attached hydrogens (tertiary/aromatic N) is 4. The van der Waals surface area contributed by atoms with Crippen LogP contribution in [0.3, 0.4) is 0 Å². The number of anilines is 1. The molecule has 0 saturated carbocycles. The first kappa shape index (κ1) is 20.9. The number of non-ortho nitro benzene ring substituents is 1. The fourth-order valence-corrected chi connectivity index (χ4v) is 3.84. The molecule has 0 aliphatic carbocycles. The zero-order valence-electron chi connectivity index (χ0n) is 15.9. The molecular weight excluding hydrogens is 412 g/mol. The van der Waals surface area contributed by atoms with Gasteiger partial charge in [0.05, 0.1) is 15.1 Å². The van der Waals surface area contributed by atoms with E-state index in [9.17, 15) is 14.9 Å². The van der Waals surface area contributed by atoms with Crippen molar-refractivity contribution in [2.24, 2.45) is 0 Å². The molecule has 1 aromatic heterocycles. The van der Waals surface area contributed by atoms with Crippen molar-refractivity contribution in [2.45, 2.75) is 0 Å². The van der Waals surface area contributed by atoms with Crippen molar-refractivity contribution in [3.05, 3.63) is 69.2 Å². The molecule has 29 heavy (non-hydrogen) atoms. The van der Waals surface area contributed by atoms with Crippen molar-refractivity contribution >= 4 is 56.0 Å². The summed E-state index contributed by atoms with van der Waals surface area (Å²) in [5, 5.41) is 12.0. The van der Waals surface area contributed by atoms with Gasteiger partial charge in [-0.1, -0.05) is 22.9 Å². The summed E-state index contributed by atoms with van der Waals surface area (Å²) in [7, 11) is 3.88. The summed E-state index contributed by atoms with van der Waals surface area (Å²) in [6, 6.07) is 11.5. The van der Waals surface area contributed by atoms with Gasteiger partial charge in [-0.25, -0.2) is 4.98 Å². The third kappa shape index (κ3) is 5.38. The van der Waals surface area contributed by atoms with Crippen LogP contribution in [-0.2, 0) is 4.79 Å². The fourth-order valence-electron chi connectivity index (χ4n) is 2.57. The average molecular weight is 431 g/mol. The molecule has 0 bridgehead atoms. The molecule has 0 N–H and O–H groups in total. The van der Waals surface area contributed by atoms with Crippen molar-refractivity contribution in [1.82, 2.24) is 9.88 Å². The van der Waals surface area contributed by atoms with Crippen molar-refractivity contribution in [2.75, 3.05) is 32.1 Å². The number of fused-ring (bicyclic) bond motifs is 1. The van der Waals surface area contributed by atoms with Crippen LogP contribution in [0.1, 0.15) is 5.56 Å². The van der Waals surface area contributed by atoms with Gasteiger partial charge in [0.25, 0.3) is 11.6 Å². The SMILES string of the molecule is CN(C)CCN(C(=O)/C=C\c1ccc([N+](=O)[O-])cc1)c1nc2ccc(Cl)cc2s1. The number of carbonyl (C=O) groups is 1. The van der Waals surface area contributed by atoms with E-state index in [1.807, 2.05) is 31.1 Å².